The molecule has 0 saturated carbocycles. The summed E-state index contributed by atoms with van der Waals surface area (Å²) in [5.41, 5.74) is 0. The van der Waals surface area contributed by atoms with E-state index in [0.29, 0.717) is 0 Å². The Kier molecular flexibility index (Phi) is 13.3. The molecular formula is H4FNaO3SiTi. The van der Waals surface area contributed by atoms with E-state index in [9.17, 15) is 4.11 Å². The van der Waals surface area contributed by atoms with E-state index < -0.39 is 9.14 Å². The van der Waals surface area contributed by atoms with Crippen LogP contribution >= 0.6 is 0 Å². The first-order chi connectivity index (χ1) is 2.00. The van der Waals surface area contributed by atoms with Gasteiger partial charge in [-0.2, -0.15) is 0 Å². The number of hydrogen-bond donors (Lipinski definition) is 3. The van der Waals surface area contributed by atoms with Crippen molar-refractivity contribution in [2.45, 2.75) is 0 Å². The molecule has 0 spiro atoms. The van der Waals surface area contributed by atoms with E-state index >= 15 is 0 Å². The van der Waals surface area contributed by atoms with Crippen LogP contribution in [0.5, 0.6) is 0 Å². The second kappa shape index (κ2) is 5.87. The van der Waals surface area contributed by atoms with E-state index in [2.05, 4.69) is 0 Å². The molecule has 0 saturated heterocycles. The molecule has 3 N–H and O–H groups in total. The maximum absolute atomic E-state index is 10.5. The average Bonchev–Trinajstić information content (AvgIpc) is 0.722. The largest absolute Gasteiger partial charge is 0 e. The molecule has 0 aromatic heterocycles. The van der Waals surface area contributed by atoms with Crippen LogP contribution < -0.4 is 0 Å². The summed E-state index contributed by atoms with van der Waals surface area (Å²) < 4.78 is 10.5. The Bertz CT molecular complexity index is 30.4. The SMILES string of the molecule is O[Si](O)(O)F.[NaH].[Ti]. The van der Waals surface area contributed by atoms with E-state index in [0.717, 1.165) is 0 Å². The molecule has 0 aliphatic carbocycles. The van der Waals surface area contributed by atoms with Gasteiger partial charge in [-0.25, -0.2) is 4.11 Å². The van der Waals surface area contributed by atoms with Crippen molar-refractivity contribution in [2.24, 2.45) is 0 Å². The maximum atomic E-state index is 10.5. The molecule has 0 rings (SSSR count). The van der Waals surface area contributed by atoms with Gasteiger partial charge in [-0.15, -0.1) is 0 Å². The Morgan fingerprint density at radius 1 is 1.14 bits per heavy atom. The third-order valence-electron chi connectivity index (χ3n) is 0. The van der Waals surface area contributed by atoms with Gasteiger partial charge in [0.25, 0.3) is 0 Å². The van der Waals surface area contributed by atoms with Gasteiger partial charge < -0.3 is 14.4 Å². The number of halogens is 1. The minimum Gasteiger partial charge on any atom is 0 e. The molecule has 0 aromatic rings. The fourth-order valence-electron chi connectivity index (χ4n) is 0. The molecule has 0 aliphatic heterocycles. The molecule has 3 nitrogen and oxygen atoms in total. The smallest absolute Gasteiger partial charge is 0 e. The molecule has 0 radical (unpaired) electrons. The van der Waals surface area contributed by atoms with Gasteiger partial charge in [0, 0.05) is 21.7 Å². The molecule has 0 aliphatic rings. The quantitative estimate of drug-likeness (QED) is 0.283. The Labute approximate surface area is 78.3 Å². The van der Waals surface area contributed by atoms with Gasteiger partial charge in [0.1, 0.15) is 0 Å². The Balaban J connectivity index is -0.0000000800. The van der Waals surface area contributed by atoms with Crippen LogP contribution in [0.1, 0.15) is 0 Å². The van der Waals surface area contributed by atoms with Gasteiger partial charge >= 0.3 is 38.7 Å². The average molecular weight is 170 g/mol. The van der Waals surface area contributed by atoms with Gasteiger partial charge in [0.15, 0.2) is 0 Å². The molecule has 0 aromatic carbocycles. The second-order valence-electron chi connectivity index (χ2n) is 0.554. The molecule has 0 unspecified atom stereocenters. The predicted octanol–water partition coefficient (Wildman–Crippen LogP) is -2.28. The molecule has 0 fully saturated rings. The molecule has 0 atom stereocenters. The van der Waals surface area contributed by atoms with Gasteiger partial charge in [-0.3, -0.25) is 0 Å². The van der Waals surface area contributed by atoms with Crippen LogP contribution in [-0.4, -0.2) is 53.1 Å². The van der Waals surface area contributed by atoms with Crippen molar-refractivity contribution in [1.29, 1.82) is 0 Å². The third kappa shape index (κ3) is 84.2. The summed E-state index contributed by atoms with van der Waals surface area (Å²) in [6.07, 6.45) is 0. The standard InChI is InChI=1S/FH3O3Si.Na.Ti.H/c1-5(2,3)4;;;/h2-4H;;;. The van der Waals surface area contributed by atoms with Gasteiger partial charge in [0.2, 0.25) is 0 Å². The normalized spacial score (nSPS) is 8.57. The van der Waals surface area contributed by atoms with Crippen LogP contribution in [0.15, 0.2) is 0 Å². The zero-order valence-electron chi connectivity index (χ0n) is 2.72. The Morgan fingerprint density at radius 3 is 1.14 bits per heavy atom. The van der Waals surface area contributed by atoms with Crippen LogP contribution in [0.3, 0.4) is 0 Å². The molecule has 38 valence electrons. The zero-order valence-corrected chi connectivity index (χ0v) is 5.28. The molecule has 0 bridgehead atoms. The van der Waals surface area contributed by atoms with E-state index in [1.54, 1.807) is 0 Å². The third-order valence-corrected chi connectivity index (χ3v) is 0. The summed E-state index contributed by atoms with van der Waals surface area (Å²) in [7, 11) is -5.11. The van der Waals surface area contributed by atoms with Crippen molar-refractivity contribution in [3.05, 3.63) is 0 Å². The first-order valence-electron chi connectivity index (χ1n) is 0.860. The molecular weight excluding hydrogens is 166 g/mol. The fraction of sp³-hybridized carbons (Fsp3) is 0. The minimum atomic E-state index is -5.11. The van der Waals surface area contributed by atoms with Crippen molar-refractivity contribution in [3.63, 3.8) is 0 Å². The minimum absolute atomic E-state index is 0. The van der Waals surface area contributed by atoms with E-state index in [1.807, 2.05) is 0 Å². The van der Waals surface area contributed by atoms with E-state index in [-0.39, 0.29) is 51.3 Å². The van der Waals surface area contributed by atoms with Crippen molar-refractivity contribution >= 4 is 38.7 Å². The molecule has 0 amide bonds. The summed E-state index contributed by atoms with van der Waals surface area (Å²) in [5.74, 6) is 0. The summed E-state index contributed by atoms with van der Waals surface area (Å²) in [5, 5.41) is 0. The molecule has 7 heteroatoms. The number of rotatable bonds is 0. The van der Waals surface area contributed by atoms with E-state index in [1.165, 1.54) is 0 Å². The Hall–Kier alpha value is 1.74. The molecule has 7 heavy (non-hydrogen) atoms. The Morgan fingerprint density at radius 2 is 1.14 bits per heavy atom. The van der Waals surface area contributed by atoms with Crippen LogP contribution in [-0.2, 0) is 21.7 Å². The fourth-order valence-corrected chi connectivity index (χ4v) is 0. The summed E-state index contributed by atoms with van der Waals surface area (Å²) in [6.45, 7) is 0. The number of hydrogen-bond acceptors (Lipinski definition) is 3. The van der Waals surface area contributed by atoms with Crippen LogP contribution in [0.2, 0.25) is 0 Å². The summed E-state index contributed by atoms with van der Waals surface area (Å²) >= 11 is 0. The van der Waals surface area contributed by atoms with Crippen LogP contribution in [0.4, 0.5) is 4.11 Å². The van der Waals surface area contributed by atoms with Gasteiger partial charge in [-0.05, 0) is 0 Å². The van der Waals surface area contributed by atoms with Crippen molar-refractivity contribution in [2.75, 3.05) is 0 Å². The van der Waals surface area contributed by atoms with Crippen molar-refractivity contribution in [1.82, 2.24) is 0 Å². The van der Waals surface area contributed by atoms with Gasteiger partial charge in [-0.1, -0.05) is 0 Å². The summed E-state index contributed by atoms with van der Waals surface area (Å²) in [4.78, 5) is 21.3. The first kappa shape index (κ1) is 15.9. The van der Waals surface area contributed by atoms with Gasteiger partial charge in [0.05, 0.1) is 0 Å². The van der Waals surface area contributed by atoms with E-state index in [4.69, 9.17) is 14.4 Å². The first-order valence-corrected chi connectivity index (χ1v) is 2.58. The zero-order chi connectivity index (χ0) is 4.50. The topological polar surface area (TPSA) is 60.7 Å². The predicted molar refractivity (Wildman–Crippen MR) is 20.7 cm³/mol. The maximum Gasteiger partial charge on any atom is 0 e. The van der Waals surface area contributed by atoms with Crippen LogP contribution in [0.25, 0.3) is 0 Å². The van der Waals surface area contributed by atoms with Crippen LogP contribution in [0, 0.1) is 0 Å². The summed E-state index contributed by atoms with van der Waals surface area (Å²) in [6, 6.07) is 0. The van der Waals surface area contributed by atoms with Crippen molar-refractivity contribution in [3.8, 4) is 0 Å². The molecule has 0 heterocycles. The monoisotopic (exact) mass is 170 g/mol. The van der Waals surface area contributed by atoms with Crippen molar-refractivity contribution < 1.29 is 40.2 Å². The second-order valence-corrected chi connectivity index (χ2v) is 1.66.